The lowest BCUT2D eigenvalue weighted by Gasteiger charge is -2.17. The highest BCUT2D eigenvalue weighted by Gasteiger charge is 2.26. The zero-order chi connectivity index (χ0) is 22.5. The first-order valence-electron chi connectivity index (χ1n) is 10.1. The summed E-state index contributed by atoms with van der Waals surface area (Å²) >= 11 is 1.28. The van der Waals surface area contributed by atoms with Crippen molar-refractivity contribution in [1.82, 2.24) is 20.2 Å². The highest BCUT2D eigenvalue weighted by molar-refractivity contribution is 8.00. The van der Waals surface area contributed by atoms with E-state index < -0.39 is 5.25 Å². The minimum absolute atomic E-state index is 0.157. The monoisotopic (exact) mass is 445 g/mol. The number of aryl methyl sites for hydroxylation is 2. The van der Waals surface area contributed by atoms with Gasteiger partial charge in [0.05, 0.1) is 7.11 Å². The molecule has 4 rings (SSSR count). The van der Waals surface area contributed by atoms with E-state index in [1.165, 1.54) is 11.8 Å². The number of amides is 1. The fourth-order valence-corrected chi connectivity index (χ4v) is 4.21. The highest BCUT2D eigenvalue weighted by Crippen LogP contribution is 2.37. The summed E-state index contributed by atoms with van der Waals surface area (Å²) in [7, 11) is 1.60. The number of hydrogen-bond acceptors (Lipinski definition) is 6. The average molecular weight is 446 g/mol. The van der Waals surface area contributed by atoms with E-state index in [1.54, 1.807) is 11.8 Å². The van der Waals surface area contributed by atoms with Crippen molar-refractivity contribution in [2.45, 2.75) is 24.3 Å². The van der Waals surface area contributed by atoms with Crippen LogP contribution in [0.4, 0.5) is 5.69 Å². The number of nitrogens with zero attached hydrogens (tertiary/aromatic N) is 4. The summed E-state index contributed by atoms with van der Waals surface area (Å²) in [6.07, 6.45) is 0. The Balaban J connectivity index is 1.68. The molecule has 7 nitrogen and oxygen atoms in total. The van der Waals surface area contributed by atoms with Gasteiger partial charge in [-0.2, -0.15) is 4.68 Å². The molecule has 0 radical (unpaired) electrons. The first-order valence-corrected chi connectivity index (χ1v) is 11.0. The van der Waals surface area contributed by atoms with Crippen LogP contribution in [0.15, 0.2) is 78.0 Å². The molecule has 0 fully saturated rings. The third kappa shape index (κ3) is 4.81. The van der Waals surface area contributed by atoms with E-state index >= 15 is 0 Å². The number of rotatable bonds is 7. The van der Waals surface area contributed by atoms with Crippen molar-refractivity contribution < 1.29 is 9.53 Å². The molecule has 0 saturated carbocycles. The maximum Gasteiger partial charge on any atom is 0.242 e. The maximum atomic E-state index is 13.3. The second kappa shape index (κ2) is 9.65. The van der Waals surface area contributed by atoms with Crippen LogP contribution in [0, 0.1) is 13.8 Å². The fraction of sp³-hybridized carbons (Fsp3) is 0.167. The van der Waals surface area contributed by atoms with Crippen molar-refractivity contribution in [1.29, 1.82) is 0 Å². The van der Waals surface area contributed by atoms with Gasteiger partial charge in [-0.15, -0.1) is 5.10 Å². The van der Waals surface area contributed by atoms with Crippen LogP contribution in [0.25, 0.3) is 5.69 Å². The van der Waals surface area contributed by atoms with Gasteiger partial charge in [-0.1, -0.05) is 65.9 Å². The molecule has 1 amide bonds. The number of tetrazole rings is 1. The van der Waals surface area contributed by atoms with Crippen molar-refractivity contribution in [3.05, 3.63) is 89.5 Å². The number of carbonyl (C=O) groups is 1. The average Bonchev–Trinajstić information content (AvgIpc) is 3.27. The predicted octanol–water partition coefficient (Wildman–Crippen LogP) is 4.76. The Morgan fingerprint density at radius 1 is 1.00 bits per heavy atom. The van der Waals surface area contributed by atoms with Crippen molar-refractivity contribution in [3.63, 3.8) is 0 Å². The second-order valence-corrected chi connectivity index (χ2v) is 8.38. The molecule has 3 aromatic carbocycles. The van der Waals surface area contributed by atoms with E-state index in [0.717, 1.165) is 22.4 Å². The predicted molar refractivity (Wildman–Crippen MR) is 125 cm³/mol. The summed E-state index contributed by atoms with van der Waals surface area (Å²) in [5.74, 6) is 0.487. The Kier molecular flexibility index (Phi) is 6.51. The number of methoxy groups -OCH3 is 1. The molecule has 1 aromatic heterocycles. The molecule has 0 spiro atoms. The van der Waals surface area contributed by atoms with Crippen LogP contribution in [0.3, 0.4) is 0 Å². The lowest BCUT2D eigenvalue weighted by Crippen LogP contribution is -2.19. The zero-order valence-electron chi connectivity index (χ0n) is 18.0. The number of aromatic nitrogens is 4. The number of benzene rings is 3. The van der Waals surface area contributed by atoms with E-state index in [9.17, 15) is 4.79 Å². The van der Waals surface area contributed by atoms with Crippen LogP contribution >= 0.6 is 11.8 Å². The molecule has 1 unspecified atom stereocenters. The number of nitrogens with one attached hydrogen (secondary N) is 1. The Labute approximate surface area is 190 Å². The standard InChI is InChI=1S/C24H23N5O2S/c1-16-9-12-19(13-10-16)25-23(30)22(18-7-5-4-6-8-18)32-24-26-27-28-29(24)20-15-17(2)11-14-21(20)31-3/h4-15,22H,1-3H3,(H,25,30). The zero-order valence-corrected chi connectivity index (χ0v) is 18.8. The van der Waals surface area contributed by atoms with Crippen molar-refractivity contribution in [2.75, 3.05) is 12.4 Å². The van der Waals surface area contributed by atoms with Gasteiger partial charge in [0.2, 0.25) is 11.1 Å². The summed E-state index contributed by atoms with van der Waals surface area (Å²) in [4.78, 5) is 13.3. The quantitative estimate of drug-likeness (QED) is 0.413. The number of carbonyl (C=O) groups excluding carboxylic acids is 1. The summed E-state index contributed by atoms with van der Waals surface area (Å²) in [6.45, 7) is 4.00. The molecule has 1 atom stereocenters. The summed E-state index contributed by atoms with van der Waals surface area (Å²) in [5, 5.41) is 15.1. The van der Waals surface area contributed by atoms with Crippen LogP contribution < -0.4 is 10.1 Å². The molecule has 32 heavy (non-hydrogen) atoms. The third-order valence-electron chi connectivity index (χ3n) is 4.89. The van der Waals surface area contributed by atoms with Crippen molar-refractivity contribution in [3.8, 4) is 11.4 Å². The fourth-order valence-electron chi connectivity index (χ4n) is 3.22. The Bertz CT molecular complexity index is 1210. The number of hydrogen-bond donors (Lipinski definition) is 1. The molecular weight excluding hydrogens is 422 g/mol. The molecule has 0 saturated heterocycles. The molecule has 0 aliphatic carbocycles. The lowest BCUT2D eigenvalue weighted by atomic mass is 10.1. The first kappa shape index (κ1) is 21.6. The van der Waals surface area contributed by atoms with Gasteiger partial charge in [0, 0.05) is 5.69 Å². The van der Waals surface area contributed by atoms with Gasteiger partial charge in [0.25, 0.3) is 0 Å². The van der Waals surface area contributed by atoms with Gasteiger partial charge in [0.15, 0.2) is 0 Å². The van der Waals surface area contributed by atoms with E-state index in [0.29, 0.717) is 16.6 Å². The molecule has 1 heterocycles. The van der Waals surface area contributed by atoms with E-state index in [4.69, 9.17) is 4.74 Å². The van der Waals surface area contributed by atoms with Gasteiger partial charge in [-0.05, 0) is 59.7 Å². The largest absolute Gasteiger partial charge is 0.494 e. The second-order valence-electron chi connectivity index (χ2n) is 7.31. The van der Waals surface area contributed by atoms with Gasteiger partial charge in [-0.3, -0.25) is 4.79 Å². The van der Waals surface area contributed by atoms with Gasteiger partial charge in [-0.25, -0.2) is 0 Å². The van der Waals surface area contributed by atoms with E-state index in [2.05, 4.69) is 20.8 Å². The molecule has 162 valence electrons. The van der Waals surface area contributed by atoms with Crippen LogP contribution in [0.5, 0.6) is 5.75 Å². The third-order valence-corrected chi connectivity index (χ3v) is 6.07. The first-order chi connectivity index (χ1) is 15.5. The topological polar surface area (TPSA) is 81.9 Å². The summed E-state index contributed by atoms with van der Waals surface area (Å²) in [6, 6.07) is 23.1. The Morgan fingerprint density at radius 3 is 2.44 bits per heavy atom. The molecule has 0 bridgehead atoms. The van der Waals surface area contributed by atoms with Gasteiger partial charge < -0.3 is 10.1 Å². The number of anilines is 1. The minimum Gasteiger partial charge on any atom is -0.494 e. The van der Waals surface area contributed by atoms with Gasteiger partial charge >= 0.3 is 0 Å². The highest BCUT2D eigenvalue weighted by atomic mass is 32.2. The van der Waals surface area contributed by atoms with Crippen LogP contribution in [0.1, 0.15) is 21.9 Å². The molecular formula is C24H23N5O2S. The van der Waals surface area contributed by atoms with Gasteiger partial charge in [0.1, 0.15) is 16.7 Å². The molecule has 0 aliphatic heterocycles. The van der Waals surface area contributed by atoms with Crippen LogP contribution in [-0.4, -0.2) is 33.2 Å². The van der Waals surface area contributed by atoms with E-state index in [1.807, 2.05) is 86.6 Å². The smallest absolute Gasteiger partial charge is 0.242 e. The number of ether oxygens (including phenoxy) is 1. The Hall–Kier alpha value is -3.65. The Morgan fingerprint density at radius 2 is 1.72 bits per heavy atom. The minimum atomic E-state index is -0.557. The van der Waals surface area contributed by atoms with Crippen LogP contribution in [-0.2, 0) is 4.79 Å². The molecule has 8 heteroatoms. The normalized spacial score (nSPS) is 11.7. The number of thioether (sulfide) groups is 1. The SMILES string of the molecule is COc1ccc(C)cc1-n1nnnc1SC(C(=O)Nc1ccc(C)cc1)c1ccccc1. The molecule has 0 aliphatic rings. The summed E-state index contributed by atoms with van der Waals surface area (Å²) in [5.41, 5.74) is 4.48. The van der Waals surface area contributed by atoms with Crippen molar-refractivity contribution >= 4 is 23.4 Å². The molecule has 4 aromatic rings. The lowest BCUT2D eigenvalue weighted by molar-refractivity contribution is -0.115. The van der Waals surface area contributed by atoms with Crippen molar-refractivity contribution in [2.24, 2.45) is 0 Å². The van der Waals surface area contributed by atoms with Crippen LogP contribution in [0.2, 0.25) is 0 Å². The summed E-state index contributed by atoms with van der Waals surface area (Å²) < 4.78 is 7.10. The maximum absolute atomic E-state index is 13.3. The molecule has 1 N–H and O–H groups in total. The van der Waals surface area contributed by atoms with E-state index in [-0.39, 0.29) is 5.91 Å².